The number of aromatic nitrogens is 1. The van der Waals surface area contributed by atoms with Crippen LogP contribution in [-0.2, 0) is 9.53 Å². The third kappa shape index (κ3) is 4.49. The Labute approximate surface area is 120 Å². The minimum Gasteiger partial charge on any atom is -0.366 e. The third-order valence-electron chi connectivity index (χ3n) is 3.10. The summed E-state index contributed by atoms with van der Waals surface area (Å²) in [5.41, 5.74) is 0.394. The van der Waals surface area contributed by atoms with Gasteiger partial charge < -0.3 is 15.0 Å². The number of ether oxygens (including phenoxy) is 1. The zero-order chi connectivity index (χ0) is 14.6. The van der Waals surface area contributed by atoms with E-state index in [0.29, 0.717) is 5.69 Å². The number of carbonyl (C=O) groups excluding carboxylic acids is 1. The molecule has 0 spiro atoms. The zero-order valence-corrected chi connectivity index (χ0v) is 12.5. The molecule has 0 unspecified atom stereocenters. The highest BCUT2D eigenvalue weighted by Gasteiger charge is 2.14. The molecule has 1 saturated heterocycles. The van der Waals surface area contributed by atoms with E-state index in [-0.39, 0.29) is 18.1 Å². The van der Waals surface area contributed by atoms with Crippen LogP contribution in [-0.4, -0.2) is 36.2 Å². The van der Waals surface area contributed by atoms with Gasteiger partial charge in [-0.2, -0.15) is 0 Å². The van der Waals surface area contributed by atoms with Crippen LogP contribution in [0.25, 0.3) is 0 Å². The maximum atomic E-state index is 11.7. The summed E-state index contributed by atoms with van der Waals surface area (Å²) in [5, 5.41) is 2.79. The fourth-order valence-electron chi connectivity index (χ4n) is 2.07. The van der Waals surface area contributed by atoms with E-state index in [1.807, 2.05) is 32.9 Å². The average Bonchev–Trinajstić information content (AvgIpc) is 2.90. The second-order valence-corrected chi connectivity index (χ2v) is 6.05. The van der Waals surface area contributed by atoms with Crippen molar-refractivity contribution < 1.29 is 9.53 Å². The molecule has 0 saturated carbocycles. The number of hydrogen-bond donors (Lipinski definition) is 1. The molecule has 1 aromatic heterocycles. The molecule has 1 N–H and O–H groups in total. The van der Waals surface area contributed by atoms with Crippen LogP contribution >= 0.6 is 0 Å². The van der Waals surface area contributed by atoms with Crippen molar-refractivity contribution in [2.24, 2.45) is 0 Å². The molecule has 20 heavy (non-hydrogen) atoms. The number of amides is 1. The van der Waals surface area contributed by atoms with Gasteiger partial charge in [-0.25, -0.2) is 4.98 Å². The van der Waals surface area contributed by atoms with Gasteiger partial charge >= 0.3 is 0 Å². The van der Waals surface area contributed by atoms with E-state index in [9.17, 15) is 4.79 Å². The van der Waals surface area contributed by atoms with E-state index in [4.69, 9.17) is 4.74 Å². The van der Waals surface area contributed by atoms with Crippen LogP contribution in [0.2, 0.25) is 0 Å². The van der Waals surface area contributed by atoms with E-state index in [2.05, 4.69) is 15.2 Å². The molecule has 5 nitrogen and oxygen atoms in total. The molecule has 1 aliphatic heterocycles. The fourth-order valence-corrected chi connectivity index (χ4v) is 2.07. The van der Waals surface area contributed by atoms with Crippen molar-refractivity contribution in [3.63, 3.8) is 0 Å². The van der Waals surface area contributed by atoms with E-state index in [1.165, 1.54) is 12.8 Å². The predicted octanol–water partition coefficient (Wildman–Crippen LogP) is 2.44. The Hall–Kier alpha value is -1.62. The molecule has 0 aliphatic carbocycles. The molecule has 0 aromatic carbocycles. The number of hydrogen-bond acceptors (Lipinski definition) is 4. The van der Waals surface area contributed by atoms with Crippen molar-refractivity contribution in [2.45, 2.75) is 39.2 Å². The summed E-state index contributed by atoms with van der Waals surface area (Å²) >= 11 is 0. The summed E-state index contributed by atoms with van der Waals surface area (Å²) in [7, 11) is 0. The molecule has 1 aliphatic rings. The lowest BCUT2D eigenvalue weighted by Gasteiger charge is -2.19. The predicted molar refractivity (Wildman–Crippen MR) is 80.0 cm³/mol. The molecule has 1 aromatic rings. The van der Waals surface area contributed by atoms with Crippen molar-refractivity contribution in [3.05, 3.63) is 18.3 Å². The molecule has 0 radical (unpaired) electrons. The Balaban J connectivity index is 1.85. The van der Waals surface area contributed by atoms with Gasteiger partial charge in [-0.3, -0.25) is 4.79 Å². The van der Waals surface area contributed by atoms with Crippen molar-refractivity contribution in [3.8, 4) is 0 Å². The summed E-state index contributed by atoms with van der Waals surface area (Å²) in [5.74, 6) is 0.821. The van der Waals surface area contributed by atoms with Crippen LogP contribution in [0, 0.1) is 0 Å². The monoisotopic (exact) mass is 277 g/mol. The summed E-state index contributed by atoms with van der Waals surface area (Å²) in [6.45, 7) is 7.96. The van der Waals surface area contributed by atoms with Gasteiger partial charge in [0.1, 0.15) is 12.4 Å². The Kier molecular flexibility index (Phi) is 4.60. The summed E-state index contributed by atoms with van der Waals surface area (Å²) in [6, 6.07) is 3.83. The quantitative estimate of drug-likeness (QED) is 0.918. The Morgan fingerprint density at radius 2 is 2.05 bits per heavy atom. The van der Waals surface area contributed by atoms with Gasteiger partial charge in [0.05, 0.1) is 17.5 Å². The first-order valence-electron chi connectivity index (χ1n) is 7.09. The van der Waals surface area contributed by atoms with E-state index in [1.54, 1.807) is 6.20 Å². The lowest BCUT2D eigenvalue weighted by molar-refractivity contribution is -0.125. The first kappa shape index (κ1) is 14.8. The number of pyridine rings is 1. The SMILES string of the molecule is CC(C)(C)OCC(=O)Nc1ccc(N2CCCC2)nc1. The van der Waals surface area contributed by atoms with Crippen LogP contribution in [0.4, 0.5) is 11.5 Å². The Morgan fingerprint density at radius 3 is 2.60 bits per heavy atom. The molecular formula is C15H23N3O2. The molecule has 5 heteroatoms. The Morgan fingerprint density at radius 1 is 1.35 bits per heavy atom. The minimum atomic E-state index is -0.310. The van der Waals surface area contributed by atoms with Gasteiger partial charge in [-0.1, -0.05) is 0 Å². The summed E-state index contributed by atoms with van der Waals surface area (Å²) in [4.78, 5) is 18.4. The second-order valence-electron chi connectivity index (χ2n) is 6.05. The highest BCUT2D eigenvalue weighted by Crippen LogP contribution is 2.19. The van der Waals surface area contributed by atoms with Gasteiger partial charge in [-0.05, 0) is 45.7 Å². The number of nitrogens with zero attached hydrogens (tertiary/aromatic N) is 2. The lowest BCUT2D eigenvalue weighted by Crippen LogP contribution is -2.27. The number of nitrogens with one attached hydrogen (secondary N) is 1. The van der Waals surface area contributed by atoms with E-state index < -0.39 is 0 Å². The van der Waals surface area contributed by atoms with Crippen molar-refractivity contribution >= 4 is 17.4 Å². The molecule has 1 fully saturated rings. The largest absolute Gasteiger partial charge is 0.366 e. The first-order chi connectivity index (χ1) is 9.44. The van der Waals surface area contributed by atoms with Crippen molar-refractivity contribution in [1.29, 1.82) is 0 Å². The van der Waals surface area contributed by atoms with Gasteiger partial charge in [0.25, 0.3) is 0 Å². The maximum Gasteiger partial charge on any atom is 0.250 e. The standard InChI is InChI=1S/C15H23N3O2/c1-15(2,3)20-11-14(19)17-12-6-7-13(16-10-12)18-8-4-5-9-18/h6-7,10H,4-5,8-9,11H2,1-3H3,(H,17,19). The smallest absolute Gasteiger partial charge is 0.250 e. The van der Waals surface area contributed by atoms with Gasteiger partial charge in [-0.15, -0.1) is 0 Å². The second kappa shape index (κ2) is 6.22. The molecule has 2 rings (SSSR count). The summed E-state index contributed by atoms with van der Waals surface area (Å²) in [6.07, 6.45) is 4.15. The van der Waals surface area contributed by atoms with E-state index >= 15 is 0 Å². The van der Waals surface area contributed by atoms with Crippen LogP contribution in [0.5, 0.6) is 0 Å². The van der Waals surface area contributed by atoms with Crippen LogP contribution in [0.3, 0.4) is 0 Å². The molecule has 1 amide bonds. The Bertz CT molecular complexity index is 445. The summed E-state index contributed by atoms with van der Waals surface area (Å²) < 4.78 is 5.43. The van der Waals surface area contributed by atoms with Gasteiger partial charge in [0, 0.05) is 13.1 Å². The highest BCUT2D eigenvalue weighted by molar-refractivity contribution is 5.91. The van der Waals surface area contributed by atoms with Gasteiger partial charge in [0.15, 0.2) is 0 Å². The van der Waals surface area contributed by atoms with Crippen LogP contribution in [0.1, 0.15) is 33.6 Å². The lowest BCUT2D eigenvalue weighted by atomic mass is 10.2. The van der Waals surface area contributed by atoms with Crippen LogP contribution in [0.15, 0.2) is 18.3 Å². The first-order valence-corrected chi connectivity index (χ1v) is 7.09. The van der Waals surface area contributed by atoms with E-state index in [0.717, 1.165) is 18.9 Å². The maximum absolute atomic E-state index is 11.7. The molecule has 0 bridgehead atoms. The number of anilines is 2. The zero-order valence-electron chi connectivity index (χ0n) is 12.5. The van der Waals surface area contributed by atoms with Crippen LogP contribution < -0.4 is 10.2 Å². The molecule has 2 heterocycles. The van der Waals surface area contributed by atoms with Crippen molar-refractivity contribution in [1.82, 2.24) is 4.98 Å². The number of rotatable bonds is 4. The number of carbonyl (C=O) groups is 1. The molecule has 0 atom stereocenters. The minimum absolute atomic E-state index is 0.0530. The molecule has 110 valence electrons. The fraction of sp³-hybridized carbons (Fsp3) is 0.600. The normalized spacial score (nSPS) is 15.4. The highest BCUT2D eigenvalue weighted by atomic mass is 16.5. The topological polar surface area (TPSA) is 54.5 Å². The van der Waals surface area contributed by atoms with Gasteiger partial charge in [0.2, 0.25) is 5.91 Å². The third-order valence-corrected chi connectivity index (χ3v) is 3.10. The average molecular weight is 277 g/mol. The van der Waals surface area contributed by atoms with Crippen molar-refractivity contribution in [2.75, 3.05) is 29.9 Å². The molecular weight excluding hydrogens is 254 g/mol.